The van der Waals surface area contributed by atoms with E-state index in [9.17, 15) is 0 Å². The fraction of sp³-hybridized carbons (Fsp3) is 0.812. The summed E-state index contributed by atoms with van der Waals surface area (Å²) in [5, 5.41) is 3.48. The van der Waals surface area contributed by atoms with E-state index in [-0.39, 0.29) is 0 Å². The number of fused-ring (bicyclic) bond motifs is 1. The molecule has 1 aromatic heterocycles. The molecule has 0 amide bonds. The Hall–Kier alpha value is -0.870. The van der Waals surface area contributed by atoms with Crippen LogP contribution in [0.1, 0.15) is 55.4 Å². The minimum Gasteiger partial charge on any atom is -0.328 e. The van der Waals surface area contributed by atoms with Gasteiger partial charge in [-0.2, -0.15) is 0 Å². The number of nitrogens with one attached hydrogen (secondary N) is 1. The number of nitrogens with zero attached hydrogens (tertiary/aromatic N) is 3. The molecular weight excluding hydrogens is 248 g/mol. The van der Waals surface area contributed by atoms with Crippen molar-refractivity contribution in [1.82, 2.24) is 19.8 Å². The summed E-state index contributed by atoms with van der Waals surface area (Å²) in [5.74, 6) is 2.91. The molecule has 1 saturated heterocycles. The highest BCUT2D eigenvalue weighted by Crippen LogP contribution is 2.43. The molecule has 4 nitrogen and oxygen atoms in total. The van der Waals surface area contributed by atoms with Crippen LogP contribution in [-0.2, 0) is 13.0 Å². The van der Waals surface area contributed by atoms with Crippen LogP contribution in [0.25, 0.3) is 0 Å². The number of imidazole rings is 1. The number of likely N-dealkylation sites (tertiary alicyclic amines) is 1. The van der Waals surface area contributed by atoms with E-state index in [1.807, 2.05) is 0 Å². The number of hydrogen-bond donors (Lipinski definition) is 1. The quantitative estimate of drug-likeness (QED) is 0.894. The van der Waals surface area contributed by atoms with Crippen LogP contribution >= 0.6 is 0 Å². The Kier molecular flexibility index (Phi) is 3.11. The van der Waals surface area contributed by atoms with Gasteiger partial charge >= 0.3 is 0 Å². The maximum atomic E-state index is 5.03. The van der Waals surface area contributed by atoms with E-state index in [1.165, 1.54) is 43.9 Å². The molecule has 2 fully saturated rings. The van der Waals surface area contributed by atoms with Crippen LogP contribution in [-0.4, -0.2) is 41.1 Å². The zero-order chi connectivity index (χ0) is 13.7. The summed E-state index contributed by atoms with van der Waals surface area (Å²) >= 11 is 0. The molecule has 2 aliphatic heterocycles. The summed E-state index contributed by atoms with van der Waals surface area (Å²) in [6, 6.07) is 0.677. The maximum absolute atomic E-state index is 5.03. The lowest BCUT2D eigenvalue weighted by molar-refractivity contribution is 0.154. The number of rotatable bonds is 2. The van der Waals surface area contributed by atoms with E-state index >= 15 is 0 Å². The van der Waals surface area contributed by atoms with Gasteiger partial charge < -0.3 is 14.8 Å². The molecule has 4 rings (SSSR count). The van der Waals surface area contributed by atoms with Crippen molar-refractivity contribution in [2.75, 3.05) is 26.7 Å². The van der Waals surface area contributed by atoms with Gasteiger partial charge in [-0.25, -0.2) is 4.98 Å². The summed E-state index contributed by atoms with van der Waals surface area (Å²) in [7, 11) is 2.25. The SMILES string of the molecule is CC1CN(C)CCC1n1c(C2CC2)nc2c1CCNC2. The van der Waals surface area contributed by atoms with Crippen molar-refractivity contribution in [3.8, 4) is 0 Å². The molecule has 4 heteroatoms. The average molecular weight is 274 g/mol. The van der Waals surface area contributed by atoms with Crippen LogP contribution < -0.4 is 5.32 Å². The Labute approximate surface area is 121 Å². The second-order valence-corrected chi connectivity index (χ2v) is 7.03. The topological polar surface area (TPSA) is 33.1 Å². The predicted octanol–water partition coefficient (Wildman–Crippen LogP) is 1.92. The molecule has 3 heterocycles. The van der Waals surface area contributed by atoms with Crippen LogP contribution in [0.4, 0.5) is 0 Å². The van der Waals surface area contributed by atoms with Gasteiger partial charge in [0.05, 0.1) is 5.69 Å². The molecule has 0 bridgehead atoms. The third kappa shape index (κ3) is 2.09. The number of hydrogen-bond acceptors (Lipinski definition) is 3. The second-order valence-electron chi connectivity index (χ2n) is 7.03. The van der Waals surface area contributed by atoms with Crippen LogP contribution in [0.15, 0.2) is 0 Å². The van der Waals surface area contributed by atoms with Crippen LogP contribution in [0, 0.1) is 5.92 Å². The van der Waals surface area contributed by atoms with Gasteiger partial charge in [0.25, 0.3) is 0 Å². The third-order valence-corrected chi connectivity index (χ3v) is 5.29. The van der Waals surface area contributed by atoms with Gasteiger partial charge in [-0.05, 0) is 38.8 Å². The first-order valence-electron chi connectivity index (χ1n) is 8.23. The van der Waals surface area contributed by atoms with Crippen LogP contribution in [0.3, 0.4) is 0 Å². The first kappa shape index (κ1) is 12.8. The van der Waals surface area contributed by atoms with Gasteiger partial charge in [-0.3, -0.25) is 0 Å². The van der Waals surface area contributed by atoms with Gasteiger partial charge in [-0.1, -0.05) is 6.92 Å². The largest absolute Gasteiger partial charge is 0.328 e. The maximum Gasteiger partial charge on any atom is 0.112 e. The smallest absolute Gasteiger partial charge is 0.112 e. The molecule has 0 aromatic carbocycles. The summed E-state index contributed by atoms with van der Waals surface area (Å²) < 4.78 is 2.69. The zero-order valence-corrected chi connectivity index (χ0v) is 12.7. The Balaban J connectivity index is 1.73. The van der Waals surface area contributed by atoms with Crippen LogP contribution in [0.5, 0.6) is 0 Å². The van der Waals surface area contributed by atoms with Gasteiger partial charge in [0.1, 0.15) is 5.82 Å². The lowest BCUT2D eigenvalue weighted by atomic mass is 9.93. The molecule has 0 radical (unpaired) electrons. The van der Waals surface area contributed by atoms with Crippen molar-refractivity contribution in [1.29, 1.82) is 0 Å². The van der Waals surface area contributed by atoms with Gasteiger partial charge in [0.2, 0.25) is 0 Å². The third-order valence-electron chi connectivity index (χ3n) is 5.29. The molecule has 3 aliphatic rings. The lowest BCUT2D eigenvalue weighted by Crippen LogP contribution is -2.39. The van der Waals surface area contributed by atoms with Gasteiger partial charge in [0, 0.05) is 43.7 Å². The molecule has 2 unspecified atom stereocenters. The molecule has 0 spiro atoms. The Morgan fingerprint density at radius 2 is 2.10 bits per heavy atom. The molecule has 20 heavy (non-hydrogen) atoms. The standard InChI is InChI=1S/C16H26N4/c1-11-10-19(2)8-6-14(11)20-15-5-7-17-9-13(15)18-16(20)12-3-4-12/h11-12,14,17H,3-10H2,1-2H3. The fourth-order valence-electron chi connectivity index (χ4n) is 4.08. The highest BCUT2D eigenvalue weighted by atomic mass is 15.2. The summed E-state index contributed by atoms with van der Waals surface area (Å²) in [5.41, 5.74) is 2.89. The van der Waals surface area contributed by atoms with Crippen molar-refractivity contribution in [2.24, 2.45) is 5.92 Å². The minimum absolute atomic E-state index is 0.677. The molecule has 1 aliphatic carbocycles. The zero-order valence-electron chi connectivity index (χ0n) is 12.7. The van der Waals surface area contributed by atoms with Gasteiger partial charge in [-0.15, -0.1) is 0 Å². The van der Waals surface area contributed by atoms with E-state index in [0.29, 0.717) is 6.04 Å². The number of piperidine rings is 1. The van der Waals surface area contributed by atoms with E-state index in [1.54, 1.807) is 5.69 Å². The Morgan fingerprint density at radius 3 is 2.85 bits per heavy atom. The highest BCUT2D eigenvalue weighted by Gasteiger charge is 2.36. The highest BCUT2D eigenvalue weighted by molar-refractivity contribution is 5.25. The molecule has 1 aromatic rings. The predicted molar refractivity (Wildman–Crippen MR) is 79.9 cm³/mol. The molecule has 110 valence electrons. The second kappa shape index (κ2) is 4.85. The van der Waals surface area contributed by atoms with Crippen molar-refractivity contribution < 1.29 is 0 Å². The van der Waals surface area contributed by atoms with Crippen LogP contribution in [0.2, 0.25) is 0 Å². The first-order valence-corrected chi connectivity index (χ1v) is 8.23. The lowest BCUT2D eigenvalue weighted by Gasteiger charge is -2.37. The van der Waals surface area contributed by atoms with Crippen molar-refractivity contribution in [2.45, 2.75) is 51.1 Å². The normalized spacial score (nSPS) is 31.3. The molecular formula is C16H26N4. The van der Waals surface area contributed by atoms with E-state index in [2.05, 4.69) is 28.8 Å². The molecule has 1 saturated carbocycles. The first-order chi connectivity index (χ1) is 9.74. The van der Waals surface area contributed by atoms with Gasteiger partial charge in [0.15, 0.2) is 0 Å². The van der Waals surface area contributed by atoms with Crippen molar-refractivity contribution >= 4 is 0 Å². The van der Waals surface area contributed by atoms with Crippen molar-refractivity contribution in [3.63, 3.8) is 0 Å². The van der Waals surface area contributed by atoms with E-state index in [4.69, 9.17) is 4.98 Å². The average Bonchev–Trinajstić information content (AvgIpc) is 3.21. The summed E-state index contributed by atoms with van der Waals surface area (Å²) in [6.07, 6.45) is 5.15. The monoisotopic (exact) mass is 274 g/mol. The summed E-state index contributed by atoms with van der Waals surface area (Å²) in [6.45, 7) is 6.96. The van der Waals surface area contributed by atoms with E-state index < -0.39 is 0 Å². The minimum atomic E-state index is 0.677. The molecule has 2 atom stereocenters. The fourth-order valence-corrected chi connectivity index (χ4v) is 4.08. The van der Waals surface area contributed by atoms with E-state index in [0.717, 1.165) is 31.3 Å². The summed E-state index contributed by atoms with van der Waals surface area (Å²) in [4.78, 5) is 7.50. The Morgan fingerprint density at radius 1 is 1.25 bits per heavy atom. The van der Waals surface area contributed by atoms with Crippen molar-refractivity contribution in [3.05, 3.63) is 17.2 Å². The number of aromatic nitrogens is 2. The molecule has 1 N–H and O–H groups in total. The Bertz CT molecular complexity index is 503.